The maximum atomic E-state index is 12.6. The van der Waals surface area contributed by atoms with Crippen LogP contribution in [0.4, 0.5) is 13.2 Å². The van der Waals surface area contributed by atoms with E-state index < -0.39 is 17.7 Å². The van der Waals surface area contributed by atoms with Crippen molar-refractivity contribution in [1.82, 2.24) is 4.90 Å². The third-order valence-corrected chi connectivity index (χ3v) is 2.43. The van der Waals surface area contributed by atoms with E-state index in [0.717, 1.165) is 4.90 Å². The number of hydrogen-bond donors (Lipinski definition) is 1. The second-order valence-electron chi connectivity index (χ2n) is 5.57. The van der Waals surface area contributed by atoms with Crippen molar-refractivity contribution in [2.75, 3.05) is 13.1 Å². The van der Waals surface area contributed by atoms with Gasteiger partial charge >= 0.3 is 6.18 Å². The zero-order valence-corrected chi connectivity index (χ0v) is 11.5. The standard InChI is InChI=1S/C12H22F3NO2/c1-8(2)6-16(7-9(3)4)10(17)11(5,18)12(13,14)15/h8-9,18H,6-7H2,1-5H3. The molecule has 1 unspecified atom stereocenters. The molecular formula is C12H22F3NO2. The largest absolute Gasteiger partial charge is 0.426 e. The minimum atomic E-state index is -4.96. The lowest BCUT2D eigenvalue weighted by atomic mass is 10.0. The van der Waals surface area contributed by atoms with Crippen LogP contribution in [0.5, 0.6) is 0 Å². The summed E-state index contributed by atoms with van der Waals surface area (Å²) in [6.45, 7) is 8.13. The van der Waals surface area contributed by atoms with Crippen LogP contribution in [0.1, 0.15) is 34.6 Å². The predicted octanol–water partition coefficient (Wildman–Crippen LogP) is 2.44. The number of rotatable bonds is 5. The van der Waals surface area contributed by atoms with Gasteiger partial charge in [-0.1, -0.05) is 27.7 Å². The van der Waals surface area contributed by atoms with Gasteiger partial charge in [-0.15, -0.1) is 0 Å². The summed E-state index contributed by atoms with van der Waals surface area (Å²) < 4.78 is 37.9. The summed E-state index contributed by atoms with van der Waals surface area (Å²) in [7, 11) is 0. The molecule has 0 radical (unpaired) electrons. The first-order valence-electron chi connectivity index (χ1n) is 5.98. The van der Waals surface area contributed by atoms with Crippen molar-refractivity contribution in [2.24, 2.45) is 11.8 Å². The lowest BCUT2D eigenvalue weighted by molar-refractivity contribution is -0.250. The number of hydrogen-bond acceptors (Lipinski definition) is 2. The predicted molar refractivity (Wildman–Crippen MR) is 62.9 cm³/mol. The first kappa shape index (κ1) is 17.2. The van der Waals surface area contributed by atoms with E-state index in [1.54, 1.807) is 0 Å². The smallest absolute Gasteiger partial charge is 0.373 e. The van der Waals surface area contributed by atoms with Crippen LogP contribution in [0, 0.1) is 11.8 Å². The van der Waals surface area contributed by atoms with Crippen molar-refractivity contribution in [3.05, 3.63) is 0 Å². The number of halogens is 3. The molecule has 0 aliphatic rings. The van der Waals surface area contributed by atoms with Crippen LogP contribution in [-0.4, -0.2) is 40.8 Å². The number of carbonyl (C=O) groups is 1. The Kier molecular flexibility index (Phi) is 5.65. The van der Waals surface area contributed by atoms with Crippen LogP contribution in [0.3, 0.4) is 0 Å². The summed E-state index contributed by atoms with van der Waals surface area (Å²) in [6.07, 6.45) is -4.96. The molecule has 0 aromatic rings. The molecule has 0 fully saturated rings. The monoisotopic (exact) mass is 269 g/mol. The van der Waals surface area contributed by atoms with Crippen LogP contribution in [0.25, 0.3) is 0 Å². The number of alkyl halides is 3. The SMILES string of the molecule is CC(C)CN(CC(C)C)C(=O)C(C)(O)C(F)(F)F. The molecule has 0 aromatic carbocycles. The topological polar surface area (TPSA) is 40.5 Å². The van der Waals surface area contributed by atoms with Gasteiger partial charge in [0.1, 0.15) is 0 Å². The minimum Gasteiger partial charge on any atom is -0.373 e. The molecule has 0 saturated carbocycles. The van der Waals surface area contributed by atoms with Crippen molar-refractivity contribution in [3.8, 4) is 0 Å². The quantitative estimate of drug-likeness (QED) is 0.832. The lowest BCUT2D eigenvalue weighted by Crippen LogP contribution is -2.57. The maximum Gasteiger partial charge on any atom is 0.426 e. The van der Waals surface area contributed by atoms with E-state index >= 15 is 0 Å². The van der Waals surface area contributed by atoms with Gasteiger partial charge in [0.05, 0.1) is 0 Å². The molecule has 0 aliphatic carbocycles. The molecule has 18 heavy (non-hydrogen) atoms. The van der Waals surface area contributed by atoms with Gasteiger partial charge < -0.3 is 10.0 Å². The Bertz CT molecular complexity index is 276. The molecule has 0 bridgehead atoms. The number of nitrogens with zero attached hydrogens (tertiary/aromatic N) is 1. The molecular weight excluding hydrogens is 247 g/mol. The summed E-state index contributed by atoms with van der Waals surface area (Å²) in [4.78, 5) is 12.9. The molecule has 108 valence electrons. The lowest BCUT2D eigenvalue weighted by Gasteiger charge is -2.34. The Labute approximate surface area is 106 Å². The van der Waals surface area contributed by atoms with Crippen LogP contribution >= 0.6 is 0 Å². The van der Waals surface area contributed by atoms with E-state index in [4.69, 9.17) is 0 Å². The first-order valence-corrected chi connectivity index (χ1v) is 5.98. The normalized spacial score (nSPS) is 15.9. The van der Waals surface area contributed by atoms with Crippen LogP contribution in [-0.2, 0) is 4.79 Å². The van der Waals surface area contributed by atoms with Crippen molar-refractivity contribution >= 4 is 5.91 Å². The Balaban J connectivity index is 5.06. The number of amides is 1. The van der Waals surface area contributed by atoms with Gasteiger partial charge in [0.2, 0.25) is 5.60 Å². The van der Waals surface area contributed by atoms with Crippen LogP contribution in [0.2, 0.25) is 0 Å². The van der Waals surface area contributed by atoms with Gasteiger partial charge in [-0.2, -0.15) is 13.2 Å². The fourth-order valence-corrected chi connectivity index (χ4v) is 1.55. The van der Waals surface area contributed by atoms with E-state index in [2.05, 4.69) is 0 Å². The molecule has 1 amide bonds. The summed E-state index contributed by atoms with van der Waals surface area (Å²) >= 11 is 0. The van der Waals surface area contributed by atoms with E-state index in [1.807, 2.05) is 27.7 Å². The third kappa shape index (κ3) is 4.48. The van der Waals surface area contributed by atoms with Gasteiger partial charge in [-0.05, 0) is 18.8 Å². The average molecular weight is 269 g/mol. The Morgan fingerprint density at radius 2 is 1.44 bits per heavy atom. The summed E-state index contributed by atoms with van der Waals surface area (Å²) in [5.74, 6) is -1.20. The van der Waals surface area contributed by atoms with E-state index in [-0.39, 0.29) is 24.9 Å². The van der Waals surface area contributed by atoms with Crippen molar-refractivity contribution in [2.45, 2.75) is 46.4 Å². The molecule has 3 nitrogen and oxygen atoms in total. The Morgan fingerprint density at radius 3 is 1.67 bits per heavy atom. The highest BCUT2D eigenvalue weighted by atomic mass is 19.4. The molecule has 0 saturated heterocycles. The molecule has 0 rings (SSSR count). The van der Waals surface area contributed by atoms with E-state index in [0.29, 0.717) is 6.92 Å². The molecule has 6 heteroatoms. The van der Waals surface area contributed by atoms with Crippen LogP contribution < -0.4 is 0 Å². The molecule has 0 aliphatic heterocycles. The van der Waals surface area contributed by atoms with Gasteiger partial charge in [-0.25, -0.2) is 0 Å². The van der Waals surface area contributed by atoms with E-state index in [9.17, 15) is 23.1 Å². The maximum absolute atomic E-state index is 12.6. The second-order valence-corrected chi connectivity index (χ2v) is 5.57. The molecule has 0 heterocycles. The summed E-state index contributed by atoms with van der Waals surface area (Å²) in [6, 6.07) is 0. The van der Waals surface area contributed by atoms with Gasteiger partial charge in [0, 0.05) is 13.1 Å². The molecule has 0 spiro atoms. The van der Waals surface area contributed by atoms with Crippen molar-refractivity contribution < 1.29 is 23.1 Å². The van der Waals surface area contributed by atoms with Gasteiger partial charge in [-0.3, -0.25) is 4.79 Å². The summed E-state index contributed by atoms with van der Waals surface area (Å²) in [5, 5.41) is 9.40. The average Bonchev–Trinajstić information content (AvgIpc) is 2.12. The zero-order chi connectivity index (χ0) is 14.7. The van der Waals surface area contributed by atoms with Crippen molar-refractivity contribution in [3.63, 3.8) is 0 Å². The van der Waals surface area contributed by atoms with E-state index in [1.165, 1.54) is 0 Å². The summed E-state index contributed by atoms with van der Waals surface area (Å²) in [5.41, 5.74) is -3.32. The third-order valence-electron chi connectivity index (χ3n) is 2.43. The number of aliphatic hydroxyl groups is 1. The minimum absolute atomic E-state index is 0.0386. The van der Waals surface area contributed by atoms with Crippen molar-refractivity contribution in [1.29, 1.82) is 0 Å². The Hall–Kier alpha value is -0.780. The highest BCUT2D eigenvalue weighted by Gasteiger charge is 2.57. The highest BCUT2D eigenvalue weighted by Crippen LogP contribution is 2.32. The highest BCUT2D eigenvalue weighted by molar-refractivity contribution is 5.85. The molecule has 1 N–H and O–H groups in total. The second kappa shape index (κ2) is 5.91. The molecule has 0 aromatic heterocycles. The fourth-order valence-electron chi connectivity index (χ4n) is 1.55. The van der Waals surface area contributed by atoms with Crippen LogP contribution in [0.15, 0.2) is 0 Å². The fraction of sp³-hybridized carbons (Fsp3) is 0.917. The molecule has 1 atom stereocenters. The first-order chi connectivity index (χ1) is 7.89. The van der Waals surface area contributed by atoms with Gasteiger partial charge in [0.15, 0.2) is 0 Å². The Morgan fingerprint density at radius 1 is 1.11 bits per heavy atom. The zero-order valence-electron chi connectivity index (χ0n) is 11.5. The number of carbonyl (C=O) groups excluding carboxylic acids is 1. The van der Waals surface area contributed by atoms with Gasteiger partial charge in [0.25, 0.3) is 5.91 Å².